The van der Waals surface area contributed by atoms with E-state index in [0.717, 1.165) is 5.56 Å². The van der Waals surface area contributed by atoms with Crippen molar-refractivity contribution in [3.05, 3.63) is 63.6 Å². The van der Waals surface area contributed by atoms with Crippen LogP contribution in [0.1, 0.15) is 35.8 Å². The smallest absolute Gasteiger partial charge is 0.411 e. The molecule has 25 heavy (non-hydrogen) atoms. The molecule has 0 radical (unpaired) electrons. The van der Waals surface area contributed by atoms with Crippen molar-refractivity contribution in [3.63, 3.8) is 0 Å². The molecule has 5 nitrogen and oxygen atoms in total. The van der Waals surface area contributed by atoms with E-state index in [0.29, 0.717) is 21.3 Å². The Hall–Kier alpha value is -2.24. The number of rotatable bonds is 5. The van der Waals surface area contributed by atoms with E-state index in [1.807, 2.05) is 6.92 Å². The van der Waals surface area contributed by atoms with E-state index < -0.39 is 6.09 Å². The molecule has 0 bridgehead atoms. The van der Waals surface area contributed by atoms with Crippen LogP contribution in [0.2, 0.25) is 10.0 Å². The first-order valence-electron chi connectivity index (χ1n) is 7.70. The zero-order chi connectivity index (χ0) is 18.4. The average Bonchev–Trinajstić information content (AvgIpc) is 2.55. The topological polar surface area (TPSA) is 67.4 Å². The highest BCUT2D eigenvalue weighted by Crippen LogP contribution is 2.26. The molecule has 2 aromatic rings. The van der Waals surface area contributed by atoms with Crippen LogP contribution < -0.4 is 10.6 Å². The second-order valence-electron chi connectivity index (χ2n) is 5.28. The second-order valence-corrected chi connectivity index (χ2v) is 6.13. The molecule has 0 saturated carbocycles. The molecule has 0 spiro atoms. The number of amides is 2. The molecule has 0 fully saturated rings. The molecule has 0 heterocycles. The molecule has 7 heteroatoms. The Morgan fingerprint density at radius 3 is 2.40 bits per heavy atom. The molecule has 2 amide bonds. The summed E-state index contributed by atoms with van der Waals surface area (Å²) < 4.78 is 4.79. The number of halogens is 2. The zero-order valence-corrected chi connectivity index (χ0v) is 15.3. The standard InChI is InChI=1S/C18H18Cl2N2O3/c1-3-25-18(24)22-14-7-4-12(5-8-14)17(23)21-11(2)15-9-6-13(19)10-16(15)20/h4-11H,3H2,1-2H3,(H,21,23)(H,22,24)/t11-/m0/s1. The van der Waals surface area contributed by atoms with E-state index in [4.69, 9.17) is 27.9 Å². The fraction of sp³-hybridized carbons (Fsp3) is 0.222. The molecule has 1 atom stereocenters. The van der Waals surface area contributed by atoms with Crippen molar-refractivity contribution in [3.8, 4) is 0 Å². The summed E-state index contributed by atoms with van der Waals surface area (Å²) in [4.78, 5) is 23.7. The van der Waals surface area contributed by atoms with Crippen molar-refractivity contribution in [1.29, 1.82) is 0 Å². The van der Waals surface area contributed by atoms with Gasteiger partial charge in [-0.1, -0.05) is 29.3 Å². The number of carbonyl (C=O) groups is 2. The molecule has 0 aromatic heterocycles. The summed E-state index contributed by atoms with van der Waals surface area (Å²) in [5.41, 5.74) is 1.79. The molecule has 132 valence electrons. The SMILES string of the molecule is CCOC(=O)Nc1ccc(C(=O)N[C@@H](C)c2ccc(Cl)cc2Cl)cc1. The van der Waals surface area contributed by atoms with Crippen molar-refractivity contribution in [1.82, 2.24) is 5.32 Å². The van der Waals surface area contributed by atoms with Gasteiger partial charge in [-0.3, -0.25) is 10.1 Å². The van der Waals surface area contributed by atoms with E-state index in [2.05, 4.69) is 10.6 Å². The molecule has 0 aliphatic heterocycles. The van der Waals surface area contributed by atoms with Crippen molar-refractivity contribution in [2.75, 3.05) is 11.9 Å². The van der Waals surface area contributed by atoms with Gasteiger partial charge in [0.1, 0.15) is 0 Å². The normalized spacial score (nSPS) is 11.5. The van der Waals surface area contributed by atoms with Gasteiger partial charge in [0.2, 0.25) is 0 Å². The van der Waals surface area contributed by atoms with Gasteiger partial charge in [-0.2, -0.15) is 0 Å². The zero-order valence-electron chi connectivity index (χ0n) is 13.8. The average molecular weight is 381 g/mol. The summed E-state index contributed by atoms with van der Waals surface area (Å²) >= 11 is 12.0. The molecule has 2 rings (SSSR count). The number of benzene rings is 2. The monoisotopic (exact) mass is 380 g/mol. The van der Waals surface area contributed by atoms with Gasteiger partial charge >= 0.3 is 6.09 Å². The van der Waals surface area contributed by atoms with Gasteiger partial charge in [0.05, 0.1) is 12.6 Å². The number of nitrogens with one attached hydrogen (secondary N) is 2. The van der Waals surface area contributed by atoms with E-state index in [1.54, 1.807) is 49.4 Å². The van der Waals surface area contributed by atoms with Gasteiger partial charge in [0, 0.05) is 21.3 Å². The van der Waals surface area contributed by atoms with Crippen LogP contribution in [0, 0.1) is 0 Å². The first kappa shape index (κ1) is 19.1. The highest BCUT2D eigenvalue weighted by molar-refractivity contribution is 6.35. The number of anilines is 1. The van der Waals surface area contributed by atoms with Gasteiger partial charge < -0.3 is 10.1 Å². The van der Waals surface area contributed by atoms with Crippen molar-refractivity contribution >= 4 is 40.9 Å². The van der Waals surface area contributed by atoms with Crippen molar-refractivity contribution in [2.24, 2.45) is 0 Å². The predicted molar refractivity (Wildman–Crippen MR) is 99.4 cm³/mol. The van der Waals surface area contributed by atoms with Gasteiger partial charge in [-0.05, 0) is 55.8 Å². The lowest BCUT2D eigenvalue weighted by Gasteiger charge is -2.16. The number of hydrogen-bond acceptors (Lipinski definition) is 3. The fourth-order valence-corrected chi connectivity index (χ4v) is 2.77. The maximum absolute atomic E-state index is 12.4. The summed E-state index contributed by atoms with van der Waals surface area (Å²) in [7, 11) is 0. The molecule has 0 aliphatic carbocycles. The van der Waals surface area contributed by atoms with Gasteiger partial charge in [0.15, 0.2) is 0 Å². The van der Waals surface area contributed by atoms with Crippen LogP contribution in [0.25, 0.3) is 0 Å². The Kier molecular flexibility index (Phi) is 6.67. The predicted octanol–water partition coefficient (Wildman–Crippen LogP) is 5.05. The lowest BCUT2D eigenvalue weighted by atomic mass is 10.1. The largest absolute Gasteiger partial charge is 0.450 e. The van der Waals surface area contributed by atoms with Crippen LogP contribution in [0.3, 0.4) is 0 Å². The first-order chi connectivity index (χ1) is 11.9. The van der Waals surface area contributed by atoms with Crippen LogP contribution in [-0.4, -0.2) is 18.6 Å². The van der Waals surface area contributed by atoms with Crippen molar-refractivity contribution < 1.29 is 14.3 Å². The number of carbonyl (C=O) groups excluding carboxylic acids is 2. The van der Waals surface area contributed by atoms with Crippen LogP contribution in [-0.2, 0) is 4.74 Å². The Labute approximate surface area is 156 Å². The molecule has 2 N–H and O–H groups in total. The summed E-state index contributed by atoms with van der Waals surface area (Å²) in [6.45, 7) is 3.85. The third kappa shape index (κ3) is 5.37. The highest BCUT2D eigenvalue weighted by Gasteiger charge is 2.14. The Balaban J connectivity index is 2.01. The molecular weight excluding hydrogens is 363 g/mol. The summed E-state index contributed by atoms with van der Waals surface area (Å²) in [6.07, 6.45) is -0.536. The summed E-state index contributed by atoms with van der Waals surface area (Å²) in [5, 5.41) is 6.47. The minimum atomic E-state index is -0.536. The van der Waals surface area contributed by atoms with Crippen molar-refractivity contribution in [2.45, 2.75) is 19.9 Å². The summed E-state index contributed by atoms with van der Waals surface area (Å²) in [5.74, 6) is -0.249. The lowest BCUT2D eigenvalue weighted by molar-refractivity contribution is 0.0940. The minimum absolute atomic E-state index is 0.249. The van der Waals surface area contributed by atoms with E-state index >= 15 is 0 Å². The van der Waals surface area contributed by atoms with E-state index in [-0.39, 0.29) is 18.6 Å². The second kappa shape index (κ2) is 8.74. The first-order valence-corrected chi connectivity index (χ1v) is 8.46. The Morgan fingerprint density at radius 1 is 1.12 bits per heavy atom. The van der Waals surface area contributed by atoms with E-state index in [9.17, 15) is 9.59 Å². The molecule has 0 aliphatic rings. The quantitative estimate of drug-likeness (QED) is 0.761. The van der Waals surface area contributed by atoms with Crippen LogP contribution in [0.4, 0.5) is 10.5 Å². The highest BCUT2D eigenvalue weighted by atomic mass is 35.5. The molecular formula is C18H18Cl2N2O3. The third-order valence-electron chi connectivity index (χ3n) is 3.45. The van der Waals surface area contributed by atoms with Gasteiger partial charge in [-0.25, -0.2) is 4.79 Å². The van der Waals surface area contributed by atoms with E-state index in [1.165, 1.54) is 0 Å². The van der Waals surface area contributed by atoms with Crippen LogP contribution in [0.15, 0.2) is 42.5 Å². The maximum Gasteiger partial charge on any atom is 0.411 e. The maximum atomic E-state index is 12.4. The van der Waals surface area contributed by atoms with Gasteiger partial charge in [-0.15, -0.1) is 0 Å². The molecule has 0 saturated heterocycles. The fourth-order valence-electron chi connectivity index (χ4n) is 2.20. The summed E-state index contributed by atoms with van der Waals surface area (Å²) in [6, 6.07) is 11.4. The molecule has 0 unspecified atom stereocenters. The lowest BCUT2D eigenvalue weighted by Crippen LogP contribution is -2.26. The Bertz CT molecular complexity index is 763. The minimum Gasteiger partial charge on any atom is -0.450 e. The third-order valence-corrected chi connectivity index (χ3v) is 4.01. The molecule has 2 aromatic carbocycles. The van der Waals surface area contributed by atoms with Gasteiger partial charge in [0.25, 0.3) is 5.91 Å². The Morgan fingerprint density at radius 2 is 1.80 bits per heavy atom. The van der Waals surface area contributed by atoms with Crippen LogP contribution >= 0.6 is 23.2 Å². The number of hydrogen-bond donors (Lipinski definition) is 2. The number of ether oxygens (including phenoxy) is 1. The van der Waals surface area contributed by atoms with Crippen LogP contribution in [0.5, 0.6) is 0 Å².